The number of hydrogen-bond acceptors (Lipinski definition) is 3. The fourth-order valence-corrected chi connectivity index (χ4v) is 3.02. The van der Waals surface area contributed by atoms with E-state index in [1.807, 2.05) is 57.2 Å². The molecule has 0 aliphatic carbocycles. The van der Waals surface area contributed by atoms with Crippen molar-refractivity contribution in [3.05, 3.63) is 78.5 Å². The molecular formula is C22H28N4. The minimum atomic E-state index is -0.0992. The molecule has 4 heteroatoms. The van der Waals surface area contributed by atoms with Crippen LogP contribution in [-0.4, -0.2) is 20.5 Å². The third kappa shape index (κ3) is 3.59. The van der Waals surface area contributed by atoms with Gasteiger partial charge in [-0.15, -0.1) is 10.2 Å². The molecule has 136 valence electrons. The van der Waals surface area contributed by atoms with E-state index in [0.29, 0.717) is 0 Å². The van der Waals surface area contributed by atoms with Gasteiger partial charge in [-0.25, -0.2) is 0 Å². The van der Waals surface area contributed by atoms with E-state index >= 15 is 0 Å². The van der Waals surface area contributed by atoms with Gasteiger partial charge in [0.1, 0.15) is 11.9 Å². The van der Waals surface area contributed by atoms with Crippen LogP contribution in [0.1, 0.15) is 45.4 Å². The Kier molecular flexibility index (Phi) is 6.45. The van der Waals surface area contributed by atoms with Crippen LogP contribution in [0, 0.1) is 12.8 Å². The third-order valence-electron chi connectivity index (χ3n) is 4.28. The van der Waals surface area contributed by atoms with Crippen molar-refractivity contribution >= 4 is 11.4 Å². The number of allylic oxidation sites excluding steroid dienone is 10. The Morgan fingerprint density at radius 3 is 2.42 bits per heavy atom. The molecule has 0 bridgehead atoms. The largest absolute Gasteiger partial charge is 0.281 e. The summed E-state index contributed by atoms with van der Waals surface area (Å²) in [7, 11) is 0. The summed E-state index contributed by atoms with van der Waals surface area (Å²) in [5, 5.41) is 8.76. The molecular weight excluding hydrogens is 320 g/mol. The molecule has 0 unspecified atom stereocenters. The van der Waals surface area contributed by atoms with Gasteiger partial charge in [0.25, 0.3) is 0 Å². The van der Waals surface area contributed by atoms with Crippen LogP contribution in [0.5, 0.6) is 0 Å². The van der Waals surface area contributed by atoms with E-state index in [4.69, 9.17) is 4.99 Å². The zero-order chi connectivity index (χ0) is 19.3. The summed E-state index contributed by atoms with van der Waals surface area (Å²) < 4.78 is 2.09. The van der Waals surface area contributed by atoms with Crippen LogP contribution in [-0.2, 0) is 0 Å². The first-order valence-corrected chi connectivity index (χ1v) is 8.95. The Morgan fingerprint density at radius 1 is 1.15 bits per heavy atom. The standard InChI is InChI=1S/C22H28N4/c1-8-12-14-17(10-3)21-18(11-4)19(13-9-2)26-16(7)24-25-22(26)20(23-21)15(5)6/h8-15,20H,3-4H2,1-2,5-7H3/b12-8-,13-9-,17-14+/t20-/m0/s1. The number of aliphatic imine (C=N–C) groups is 1. The van der Waals surface area contributed by atoms with Gasteiger partial charge in [0.05, 0.1) is 11.4 Å². The molecule has 0 saturated carbocycles. The van der Waals surface area contributed by atoms with Crippen molar-refractivity contribution in [2.24, 2.45) is 10.9 Å². The van der Waals surface area contributed by atoms with Gasteiger partial charge in [-0.3, -0.25) is 9.56 Å². The summed E-state index contributed by atoms with van der Waals surface area (Å²) in [6, 6.07) is -0.0992. The number of fused-ring (bicyclic) bond motifs is 1. The van der Waals surface area contributed by atoms with Crippen molar-refractivity contribution in [2.45, 2.75) is 40.7 Å². The first-order chi connectivity index (χ1) is 12.5. The average Bonchev–Trinajstić information content (AvgIpc) is 2.92. The van der Waals surface area contributed by atoms with Gasteiger partial charge in [0.2, 0.25) is 0 Å². The van der Waals surface area contributed by atoms with E-state index in [9.17, 15) is 0 Å². The average molecular weight is 348 g/mol. The minimum absolute atomic E-state index is 0.0992. The van der Waals surface area contributed by atoms with Crippen molar-refractivity contribution in [2.75, 3.05) is 0 Å². The lowest BCUT2D eigenvalue weighted by Crippen LogP contribution is -2.11. The van der Waals surface area contributed by atoms with Crippen molar-refractivity contribution in [1.29, 1.82) is 0 Å². The van der Waals surface area contributed by atoms with Gasteiger partial charge in [0, 0.05) is 5.57 Å². The van der Waals surface area contributed by atoms with E-state index in [0.717, 1.165) is 34.2 Å². The maximum Gasteiger partial charge on any atom is 0.162 e. The number of aromatic nitrogens is 3. The second kappa shape index (κ2) is 8.56. The lowest BCUT2D eigenvalue weighted by atomic mass is 9.98. The minimum Gasteiger partial charge on any atom is -0.281 e. The number of hydrogen-bond donors (Lipinski definition) is 0. The van der Waals surface area contributed by atoms with E-state index < -0.39 is 0 Å². The van der Waals surface area contributed by atoms with E-state index in [2.05, 4.69) is 47.8 Å². The fraction of sp³-hybridized carbons (Fsp3) is 0.318. The molecule has 0 saturated heterocycles. The Labute approximate surface area is 156 Å². The molecule has 2 heterocycles. The molecule has 0 aromatic carbocycles. The Bertz CT molecular complexity index is 841. The summed E-state index contributed by atoms with van der Waals surface area (Å²) in [4.78, 5) is 5.10. The second-order valence-corrected chi connectivity index (χ2v) is 6.46. The molecule has 0 N–H and O–H groups in total. The maximum absolute atomic E-state index is 5.10. The zero-order valence-electron chi connectivity index (χ0n) is 16.4. The van der Waals surface area contributed by atoms with E-state index in [1.54, 1.807) is 0 Å². The van der Waals surface area contributed by atoms with Gasteiger partial charge in [-0.05, 0) is 38.3 Å². The van der Waals surface area contributed by atoms with Crippen molar-refractivity contribution < 1.29 is 0 Å². The monoisotopic (exact) mass is 348 g/mol. The van der Waals surface area contributed by atoms with Crippen molar-refractivity contribution in [3.8, 4) is 0 Å². The number of aryl methyl sites for hydroxylation is 1. The summed E-state index contributed by atoms with van der Waals surface area (Å²) in [5.74, 6) is 1.97. The highest BCUT2D eigenvalue weighted by molar-refractivity contribution is 6.19. The van der Waals surface area contributed by atoms with Crippen LogP contribution in [0.3, 0.4) is 0 Å². The summed E-state index contributed by atoms with van der Waals surface area (Å²) in [6.45, 7) is 18.3. The van der Waals surface area contributed by atoms with Gasteiger partial charge in [-0.2, -0.15) is 0 Å². The highest BCUT2D eigenvalue weighted by Crippen LogP contribution is 2.34. The lowest BCUT2D eigenvalue weighted by molar-refractivity contribution is 0.489. The zero-order valence-corrected chi connectivity index (χ0v) is 16.4. The molecule has 1 aromatic heterocycles. The normalized spacial score (nSPS) is 18.5. The SMILES string of the molecule is C=CC1=C(/C=C\C)n2c(C)nnc2[C@H](C(C)C)N=C1/C(C=C)=C/C=C\C. The van der Waals surface area contributed by atoms with Gasteiger partial charge < -0.3 is 0 Å². The van der Waals surface area contributed by atoms with E-state index in [1.165, 1.54) is 0 Å². The highest BCUT2D eigenvalue weighted by Gasteiger charge is 2.29. The maximum atomic E-state index is 5.10. The lowest BCUT2D eigenvalue weighted by Gasteiger charge is -2.16. The molecule has 1 aromatic rings. The predicted octanol–water partition coefficient (Wildman–Crippen LogP) is 5.40. The topological polar surface area (TPSA) is 43.1 Å². The summed E-state index contributed by atoms with van der Waals surface area (Å²) in [5.41, 5.74) is 3.77. The molecule has 1 aliphatic rings. The number of rotatable bonds is 6. The van der Waals surface area contributed by atoms with E-state index in [-0.39, 0.29) is 12.0 Å². The van der Waals surface area contributed by atoms with Crippen LogP contribution >= 0.6 is 0 Å². The Balaban J connectivity index is 2.91. The smallest absolute Gasteiger partial charge is 0.162 e. The first-order valence-electron chi connectivity index (χ1n) is 8.95. The van der Waals surface area contributed by atoms with Crippen LogP contribution in [0.2, 0.25) is 0 Å². The highest BCUT2D eigenvalue weighted by atomic mass is 15.3. The second-order valence-electron chi connectivity index (χ2n) is 6.46. The van der Waals surface area contributed by atoms with Crippen molar-refractivity contribution in [1.82, 2.24) is 14.8 Å². The van der Waals surface area contributed by atoms with Crippen molar-refractivity contribution in [3.63, 3.8) is 0 Å². The van der Waals surface area contributed by atoms with Crippen LogP contribution in [0.4, 0.5) is 0 Å². The molecule has 0 radical (unpaired) electrons. The molecule has 2 rings (SSSR count). The molecule has 1 aliphatic heterocycles. The quantitative estimate of drug-likeness (QED) is 0.646. The predicted molar refractivity (Wildman–Crippen MR) is 111 cm³/mol. The summed E-state index contributed by atoms with van der Waals surface area (Å²) in [6.07, 6.45) is 13.8. The van der Waals surface area contributed by atoms with Gasteiger partial charge in [0.15, 0.2) is 5.82 Å². The van der Waals surface area contributed by atoms with Gasteiger partial charge >= 0.3 is 0 Å². The third-order valence-corrected chi connectivity index (χ3v) is 4.28. The molecule has 26 heavy (non-hydrogen) atoms. The Hall–Kier alpha value is -2.75. The molecule has 0 fully saturated rings. The van der Waals surface area contributed by atoms with Crippen LogP contribution in [0.15, 0.2) is 71.8 Å². The molecule has 0 spiro atoms. The van der Waals surface area contributed by atoms with Crippen LogP contribution in [0.25, 0.3) is 5.70 Å². The summed E-state index contributed by atoms with van der Waals surface area (Å²) >= 11 is 0. The van der Waals surface area contributed by atoms with Crippen LogP contribution < -0.4 is 0 Å². The molecule has 1 atom stereocenters. The van der Waals surface area contributed by atoms with Gasteiger partial charge in [-0.1, -0.05) is 63.5 Å². The molecule has 0 amide bonds. The Morgan fingerprint density at radius 2 is 1.88 bits per heavy atom. The fourth-order valence-electron chi connectivity index (χ4n) is 3.02. The first kappa shape index (κ1) is 19.6. The number of nitrogens with zero attached hydrogens (tertiary/aromatic N) is 4. The molecule has 4 nitrogen and oxygen atoms in total.